The first kappa shape index (κ1) is 20.4. The lowest BCUT2D eigenvalue weighted by Gasteiger charge is -2.03. The molecule has 0 aliphatic carbocycles. The molecular formula is C23H17NO6S. The van der Waals surface area contributed by atoms with Crippen molar-refractivity contribution in [1.82, 2.24) is 4.98 Å². The monoisotopic (exact) mass is 435 g/mol. The Morgan fingerprint density at radius 2 is 1.68 bits per heavy atom. The molecule has 0 aliphatic heterocycles. The van der Waals surface area contributed by atoms with Gasteiger partial charge in [-0.15, -0.1) is 11.3 Å². The molecule has 4 N–H and O–H groups in total. The smallest absolute Gasteiger partial charge is 0.346 e. The number of para-hydroxylation sites is 1. The van der Waals surface area contributed by atoms with E-state index in [9.17, 15) is 24.6 Å². The number of thiophene rings is 1. The molecule has 31 heavy (non-hydrogen) atoms. The minimum atomic E-state index is -1.23. The van der Waals surface area contributed by atoms with E-state index in [0.29, 0.717) is 22.9 Å². The number of fused-ring (bicyclic) bond motifs is 1. The molecule has 0 spiro atoms. The summed E-state index contributed by atoms with van der Waals surface area (Å²) in [7, 11) is 0. The molecular weight excluding hydrogens is 418 g/mol. The summed E-state index contributed by atoms with van der Waals surface area (Å²) in [4.78, 5) is 38.8. The van der Waals surface area contributed by atoms with E-state index < -0.39 is 17.7 Å². The molecule has 0 amide bonds. The molecule has 0 radical (unpaired) electrons. The van der Waals surface area contributed by atoms with Crippen molar-refractivity contribution in [1.29, 1.82) is 0 Å². The van der Waals surface area contributed by atoms with Crippen molar-refractivity contribution in [3.63, 3.8) is 0 Å². The molecule has 0 fully saturated rings. The van der Waals surface area contributed by atoms with Gasteiger partial charge in [-0.3, -0.25) is 9.59 Å². The van der Waals surface area contributed by atoms with Gasteiger partial charge in [0.15, 0.2) is 0 Å². The van der Waals surface area contributed by atoms with E-state index in [2.05, 4.69) is 4.98 Å². The van der Waals surface area contributed by atoms with Gasteiger partial charge in [-0.25, -0.2) is 4.79 Å². The Kier molecular flexibility index (Phi) is 5.31. The van der Waals surface area contributed by atoms with E-state index in [1.54, 1.807) is 48.5 Å². The lowest BCUT2D eigenvalue weighted by molar-refractivity contribution is -0.136. The van der Waals surface area contributed by atoms with E-state index in [0.717, 1.165) is 16.9 Å². The number of carbonyl (C=O) groups excluding carboxylic acids is 1. The summed E-state index contributed by atoms with van der Waals surface area (Å²) in [6.45, 7) is 0. The highest BCUT2D eigenvalue weighted by Crippen LogP contribution is 2.43. The van der Waals surface area contributed by atoms with E-state index >= 15 is 0 Å². The van der Waals surface area contributed by atoms with Crippen LogP contribution in [0.1, 0.15) is 36.9 Å². The number of carboxylic acids is 2. The predicted molar refractivity (Wildman–Crippen MR) is 116 cm³/mol. The van der Waals surface area contributed by atoms with Crippen LogP contribution in [-0.2, 0) is 11.2 Å². The second-order valence-electron chi connectivity index (χ2n) is 6.92. The summed E-state index contributed by atoms with van der Waals surface area (Å²) in [5.41, 5.74) is 2.29. The lowest BCUT2D eigenvalue weighted by atomic mass is 10.0. The molecule has 7 nitrogen and oxygen atoms in total. The second-order valence-corrected chi connectivity index (χ2v) is 7.94. The van der Waals surface area contributed by atoms with Crippen molar-refractivity contribution in [2.24, 2.45) is 0 Å². The quantitative estimate of drug-likeness (QED) is 0.315. The fourth-order valence-electron chi connectivity index (χ4n) is 3.58. The molecule has 4 aromatic rings. The standard InChI is InChI=1S/C23H17NO6S/c25-16(26)10-9-13-7-4-8-14-15(11-24-18(13)14)19(27)22-20(28)17(21(31-22)23(29)30)12-5-2-1-3-6-12/h1-8,11,24,28H,9-10H2,(H,25,26)(H,29,30). The molecule has 0 aliphatic rings. The highest BCUT2D eigenvalue weighted by molar-refractivity contribution is 7.17. The summed E-state index contributed by atoms with van der Waals surface area (Å²) in [6, 6.07) is 13.8. The van der Waals surface area contributed by atoms with Crippen molar-refractivity contribution >= 4 is 40.0 Å². The van der Waals surface area contributed by atoms with E-state index in [4.69, 9.17) is 5.11 Å². The van der Waals surface area contributed by atoms with Gasteiger partial charge in [0, 0.05) is 34.6 Å². The van der Waals surface area contributed by atoms with Crippen LogP contribution < -0.4 is 0 Å². The van der Waals surface area contributed by atoms with Gasteiger partial charge in [0.05, 0.1) is 0 Å². The first-order valence-electron chi connectivity index (χ1n) is 9.38. The van der Waals surface area contributed by atoms with E-state index in [1.165, 1.54) is 6.20 Å². The van der Waals surface area contributed by atoms with Crippen LogP contribution in [0.25, 0.3) is 22.0 Å². The number of aromatic carboxylic acids is 1. The fraction of sp³-hybridized carbons (Fsp3) is 0.0870. The molecule has 0 bridgehead atoms. The maximum Gasteiger partial charge on any atom is 0.346 e. The maximum absolute atomic E-state index is 13.3. The average Bonchev–Trinajstić information content (AvgIpc) is 3.34. The molecule has 2 aromatic heterocycles. The van der Waals surface area contributed by atoms with Gasteiger partial charge in [0.1, 0.15) is 15.5 Å². The van der Waals surface area contributed by atoms with Crippen molar-refractivity contribution in [3.05, 3.63) is 75.6 Å². The largest absolute Gasteiger partial charge is 0.506 e. The topological polar surface area (TPSA) is 128 Å². The van der Waals surface area contributed by atoms with E-state index in [-0.39, 0.29) is 33.1 Å². The third-order valence-electron chi connectivity index (χ3n) is 5.00. The normalized spacial score (nSPS) is 11.0. The molecule has 0 atom stereocenters. The van der Waals surface area contributed by atoms with Crippen molar-refractivity contribution in [2.45, 2.75) is 12.8 Å². The Morgan fingerprint density at radius 3 is 2.35 bits per heavy atom. The minimum absolute atomic E-state index is 0.0461. The second kappa shape index (κ2) is 8.08. The van der Waals surface area contributed by atoms with Gasteiger partial charge in [0.2, 0.25) is 5.78 Å². The molecule has 4 rings (SSSR count). The van der Waals surface area contributed by atoms with Gasteiger partial charge in [0.25, 0.3) is 0 Å². The molecule has 0 saturated carbocycles. The predicted octanol–water partition coefficient (Wildman–Crippen LogP) is 4.55. The Balaban J connectivity index is 1.81. The summed E-state index contributed by atoms with van der Waals surface area (Å²) in [6.07, 6.45) is 1.75. The van der Waals surface area contributed by atoms with Crippen LogP contribution in [0, 0.1) is 0 Å². The van der Waals surface area contributed by atoms with Crippen molar-refractivity contribution in [2.75, 3.05) is 0 Å². The molecule has 2 aromatic carbocycles. The van der Waals surface area contributed by atoms with Crippen LogP contribution in [-0.4, -0.2) is 38.0 Å². The summed E-state index contributed by atoms with van der Waals surface area (Å²) < 4.78 is 0. The molecule has 0 saturated heterocycles. The number of nitrogens with one attached hydrogen (secondary N) is 1. The number of ketones is 1. The van der Waals surface area contributed by atoms with Crippen molar-refractivity contribution < 1.29 is 29.7 Å². The number of hydrogen-bond donors (Lipinski definition) is 4. The van der Waals surface area contributed by atoms with Crippen LogP contribution in [0.5, 0.6) is 5.75 Å². The fourth-order valence-corrected chi connectivity index (χ4v) is 4.59. The molecule has 0 unspecified atom stereocenters. The summed E-state index contributed by atoms with van der Waals surface area (Å²) >= 11 is 0.732. The van der Waals surface area contributed by atoms with Crippen LogP contribution in [0.4, 0.5) is 0 Å². The van der Waals surface area contributed by atoms with Gasteiger partial charge in [-0.1, -0.05) is 48.5 Å². The zero-order valence-electron chi connectivity index (χ0n) is 16.1. The van der Waals surface area contributed by atoms with Crippen LogP contribution in [0.3, 0.4) is 0 Å². The van der Waals surface area contributed by atoms with Crippen LogP contribution in [0.2, 0.25) is 0 Å². The highest BCUT2D eigenvalue weighted by atomic mass is 32.1. The number of H-pyrrole nitrogens is 1. The number of hydrogen-bond acceptors (Lipinski definition) is 5. The molecule has 156 valence electrons. The summed E-state index contributed by atoms with van der Waals surface area (Å²) in [5.74, 6) is -3.02. The average molecular weight is 435 g/mol. The Morgan fingerprint density at radius 1 is 0.935 bits per heavy atom. The maximum atomic E-state index is 13.3. The number of rotatable bonds is 7. The molecule has 8 heteroatoms. The van der Waals surface area contributed by atoms with Crippen LogP contribution in [0.15, 0.2) is 54.7 Å². The number of aromatic amines is 1. The van der Waals surface area contributed by atoms with Crippen molar-refractivity contribution in [3.8, 4) is 16.9 Å². The zero-order chi connectivity index (χ0) is 22.1. The van der Waals surface area contributed by atoms with E-state index in [1.807, 2.05) is 0 Å². The number of carboxylic acid groups (broad SMARTS) is 2. The first-order chi connectivity index (χ1) is 14.9. The first-order valence-corrected chi connectivity index (χ1v) is 10.2. The Bertz CT molecular complexity index is 1320. The van der Waals surface area contributed by atoms with Gasteiger partial charge >= 0.3 is 11.9 Å². The molecule has 2 heterocycles. The number of aryl methyl sites for hydroxylation is 1. The Hall–Kier alpha value is -3.91. The summed E-state index contributed by atoms with van der Waals surface area (Å²) in [5, 5.41) is 30.0. The third-order valence-corrected chi connectivity index (χ3v) is 6.17. The lowest BCUT2D eigenvalue weighted by Crippen LogP contribution is -1.99. The zero-order valence-corrected chi connectivity index (χ0v) is 16.9. The Labute approximate surface area is 180 Å². The number of benzene rings is 2. The number of aromatic nitrogens is 1. The highest BCUT2D eigenvalue weighted by Gasteiger charge is 2.28. The van der Waals surface area contributed by atoms with Gasteiger partial charge in [-0.05, 0) is 17.5 Å². The van der Waals surface area contributed by atoms with Gasteiger partial charge < -0.3 is 20.3 Å². The number of carbonyl (C=O) groups is 3. The third kappa shape index (κ3) is 3.69. The van der Waals surface area contributed by atoms with Gasteiger partial charge in [-0.2, -0.15) is 0 Å². The number of aromatic hydroxyl groups is 1. The minimum Gasteiger partial charge on any atom is -0.506 e. The SMILES string of the molecule is O=C(O)CCc1cccc2c(C(=O)c3sc(C(=O)O)c(-c4ccccc4)c3O)c[nH]c12. The number of aliphatic carboxylic acids is 1. The van der Waals surface area contributed by atoms with Crippen LogP contribution >= 0.6 is 11.3 Å².